The van der Waals surface area contributed by atoms with Crippen molar-refractivity contribution in [2.75, 3.05) is 26.2 Å². The molecule has 0 amide bonds. The molecule has 1 heterocycles. The minimum atomic E-state index is -3.59. The molecule has 138 valence electrons. The first-order valence-corrected chi connectivity index (χ1v) is 10.5. The summed E-state index contributed by atoms with van der Waals surface area (Å²) in [6.45, 7) is 2.49. The van der Waals surface area contributed by atoms with Crippen molar-refractivity contribution in [1.29, 1.82) is 0 Å². The Labute approximate surface area is 164 Å². The number of thiocarbonyl (C=S) groups is 1. The van der Waals surface area contributed by atoms with Gasteiger partial charge in [-0.05, 0) is 29.9 Å². The first kappa shape index (κ1) is 19.1. The van der Waals surface area contributed by atoms with Gasteiger partial charge in [-0.25, -0.2) is 8.42 Å². The fourth-order valence-corrected chi connectivity index (χ4v) is 4.98. The van der Waals surface area contributed by atoms with Gasteiger partial charge in [0.2, 0.25) is 10.0 Å². The lowest BCUT2D eigenvalue weighted by Gasteiger charge is -2.35. The second kappa shape index (κ2) is 8.35. The first-order chi connectivity index (χ1) is 12.5. The lowest BCUT2D eigenvalue weighted by molar-refractivity contribution is 0.264. The average molecular weight is 410 g/mol. The van der Waals surface area contributed by atoms with Crippen molar-refractivity contribution in [1.82, 2.24) is 14.5 Å². The van der Waals surface area contributed by atoms with Gasteiger partial charge in [-0.15, -0.1) is 0 Å². The quantitative estimate of drug-likeness (QED) is 0.787. The first-order valence-electron chi connectivity index (χ1n) is 8.30. The maximum Gasteiger partial charge on any atom is 0.244 e. The zero-order valence-corrected chi connectivity index (χ0v) is 16.5. The van der Waals surface area contributed by atoms with Crippen LogP contribution in [0.25, 0.3) is 0 Å². The van der Waals surface area contributed by atoms with Crippen molar-refractivity contribution in [3.05, 3.63) is 65.2 Å². The van der Waals surface area contributed by atoms with Crippen molar-refractivity contribution < 1.29 is 8.42 Å². The molecule has 2 aromatic carbocycles. The molecule has 0 bridgehead atoms. The maximum atomic E-state index is 12.8. The van der Waals surface area contributed by atoms with Crippen LogP contribution < -0.4 is 5.32 Å². The Hall–Kier alpha value is -1.67. The van der Waals surface area contributed by atoms with Gasteiger partial charge in [-0.1, -0.05) is 54.1 Å². The van der Waals surface area contributed by atoms with Gasteiger partial charge in [0, 0.05) is 32.7 Å². The van der Waals surface area contributed by atoms with Crippen molar-refractivity contribution in [3.63, 3.8) is 0 Å². The monoisotopic (exact) mass is 409 g/mol. The van der Waals surface area contributed by atoms with Crippen LogP contribution in [0, 0.1) is 0 Å². The van der Waals surface area contributed by atoms with E-state index in [-0.39, 0.29) is 9.92 Å². The van der Waals surface area contributed by atoms with Crippen LogP contribution in [-0.2, 0) is 16.6 Å². The van der Waals surface area contributed by atoms with E-state index in [1.807, 2.05) is 35.2 Å². The Balaban J connectivity index is 1.57. The fraction of sp³-hybridized carbons (Fsp3) is 0.278. The van der Waals surface area contributed by atoms with Crippen LogP contribution in [0.1, 0.15) is 5.56 Å². The molecule has 0 aromatic heterocycles. The Morgan fingerprint density at radius 3 is 2.27 bits per heavy atom. The van der Waals surface area contributed by atoms with Crippen LogP contribution in [0.4, 0.5) is 0 Å². The van der Waals surface area contributed by atoms with Gasteiger partial charge in [-0.3, -0.25) is 0 Å². The third kappa shape index (κ3) is 4.35. The number of piperazine rings is 1. The van der Waals surface area contributed by atoms with Crippen LogP contribution in [0.5, 0.6) is 0 Å². The van der Waals surface area contributed by atoms with Crippen LogP contribution >= 0.6 is 23.8 Å². The summed E-state index contributed by atoms with van der Waals surface area (Å²) < 4.78 is 27.0. The van der Waals surface area contributed by atoms with E-state index in [2.05, 4.69) is 5.32 Å². The molecular formula is C18H20ClN3O2S2. The normalized spacial score (nSPS) is 15.7. The fourth-order valence-electron chi connectivity index (χ4n) is 2.81. The van der Waals surface area contributed by atoms with E-state index < -0.39 is 10.0 Å². The molecule has 5 nitrogen and oxygen atoms in total. The van der Waals surface area contributed by atoms with Gasteiger partial charge in [0.05, 0.1) is 5.02 Å². The number of halogens is 1. The highest BCUT2D eigenvalue weighted by molar-refractivity contribution is 7.89. The standard InChI is InChI=1S/C18H20ClN3O2S2/c19-16-8-4-5-9-17(16)26(23,24)22-12-10-21(11-13-22)18(25)20-14-15-6-2-1-3-7-15/h1-9H,10-14H2,(H,20,25). The molecule has 0 atom stereocenters. The Morgan fingerprint density at radius 1 is 1.00 bits per heavy atom. The zero-order chi connectivity index (χ0) is 18.6. The number of rotatable bonds is 4. The van der Waals surface area contributed by atoms with Gasteiger partial charge in [0.25, 0.3) is 0 Å². The highest BCUT2D eigenvalue weighted by Crippen LogP contribution is 2.25. The number of benzene rings is 2. The molecule has 8 heteroatoms. The minimum Gasteiger partial charge on any atom is -0.358 e. The largest absolute Gasteiger partial charge is 0.358 e. The van der Waals surface area contributed by atoms with E-state index in [4.69, 9.17) is 23.8 Å². The molecule has 1 aliphatic heterocycles. The van der Waals surface area contributed by atoms with Gasteiger partial charge >= 0.3 is 0 Å². The molecular weight excluding hydrogens is 390 g/mol. The zero-order valence-electron chi connectivity index (χ0n) is 14.1. The van der Waals surface area contributed by atoms with Crippen molar-refractivity contribution in [2.24, 2.45) is 0 Å². The topological polar surface area (TPSA) is 52.7 Å². The molecule has 1 fully saturated rings. The van der Waals surface area contributed by atoms with Gasteiger partial charge in [-0.2, -0.15) is 4.31 Å². The molecule has 26 heavy (non-hydrogen) atoms. The van der Waals surface area contributed by atoms with E-state index in [1.54, 1.807) is 18.2 Å². The van der Waals surface area contributed by atoms with Crippen LogP contribution in [-0.4, -0.2) is 48.9 Å². The molecule has 0 spiro atoms. The van der Waals surface area contributed by atoms with Gasteiger partial charge in [0.15, 0.2) is 5.11 Å². The maximum absolute atomic E-state index is 12.8. The van der Waals surface area contributed by atoms with Crippen molar-refractivity contribution in [2.45, 2.75) is 11.4 Å². The molecule has 0 radical (unpaired) electrons. The summed E-state index contributed by atoms with van der Waals surface area (Å²) in [4.78, 5) is 2.15. The predicted octanol–water partition coefficient (Wildman–Crippen LogP) is 2.72. The summed E-state index contributed by atoms with van der Waals surface area (Å²) in [7, 11) is -3.59. The number of nitrogens with one attached hydrogen (secondary N) is 1. The summed E-state index contributed by atoms with van der Waals surface area (Å²) in [5, 5.41) is 4.12. The van der Waals surface area contributed by atoms with E-state index in [9.17, 15) is 8.42 Å². The number of nitrogens with zero attached hydrogens (tertiary/aromatic N) is 2. The van der Waals surface area contributed by atoms with Crippen LogP contribution in [0.3, 0.4) is 0 Å². The smallest absolute Gasteiger partial charge is 0.244 e. The van der Waals surface area contributed by atoms with E-state index >= 15 is 0 Å². The van der Waals surface area contributed by atoms with Crippen molar-refractivity contribution >= 4 is 39.0 Å². The van der Waals surface area contributed by atoms with Gasteiger partial charge in [0.1, 0.15) is 4.90 Å². The second-order valence-electron chi connectivity index (χ2n) is 5.97. The molecule has 1 saturated heterocycles. The summed E-state index contributed by atoms with van der Waals surface area (Å²) in [5.74, 6) is 0. The molecule has 0 saturated carbocycles. The highest BCUT2D eigenvalue weighted by Gasteiger charge is 2.30. The third-order valence-corrected chi connectivity index (χ3v) is 7.07. The molecule has 0 unspecified atom stereocenters. The number of hydrogen-bond donors (Lipinski definition) is 1. The Bertz CT molecular complexity index is 867. The molecule has 2 aromatic rings. The van der Waals surface area contributed by atoms with E-state index in [0.717, 1.165) is 5.56 Å². The second-order valence-corrected chi connectivity index (χ2v) is 8.67. The number of sulfonamides is 1. The molecule has 0 aliphatic carbocycles. The van der Waals surface area contributed by atoms with E-state index in [1.165, 1.54) is 10.4 Å². The summed E-state index contributed by atoms with van der Waals surface area (Å²) in [5.41, 5.74) is 1.15. The highest BCUT2D eigenvalue weighted by atomic mass is 35.5. The average Bonchev–Trinajstić information content (AvgIpc) is 2.67. The third-order valence-electron chi connectivity index (χ3n) is 4.27. The lowest BCUT2D eigenvalue weighted by Crippen LogP contribution is -2.52. The van der Waals surface area contributed by atoms with Gasteiger partial charge < -0.3 is 10.2 Å². The lowest BCUT2D eigenvalue weighted by atomic mass is 10.2. The minimum absolute atomic E-state index is 0.153. The summed E-state index contributed by atoms with van der Waals surface area (Å²) >= 11 is 11.5. The van der Waals surface area contributed by atoms with E-state index in [0.29, 0.717) is 37.8 Å². The summed E-state index contributed by atoms with van der Waals surface area (Å²) in [6.07, 6.45) is 0. The van der Waals surface area contributed by atoms with Crippen LogP contribution in [0.15, 0.2) is 59.5 Å². The Kier molecular flexibility index (Phi) is 6.13. The molecule has 1 N–H and O–H groups in total. The Morgan fingerprint density at radius 2 is 1.62 bits per heavy atom. The van der Waals surface area contributed by atoms with Crippen molar-refractivity contribution in [3.8, 4) is 0 Å². The van der Waals surface area contributed by atoms with Crippen LogP contribution in [0.2, 0.25) is 5.02 Å². The predicted molar refractivity (Wildman–Crippen MR) is 108 cm³/mol. The molecule has 1 aliphatic rings. The SMILES string of the molecule is O=S(=O)(c1ccccc1Cl)N1CCN(C(=S)NCc2ccccc2)CC1. The molecule has 3 rings (SSSR count). The number of hydrogen-bond acceptors (Lipinski definition) is 3. The summed E-state index contributed by atoms with van der Waals surface area (Å²) in [6, 6.07) is 16.5.